The Morgan fingerprint density at radius 2 is 1.90 bits per heavy atom. The van der Waals surface area contributed by atoms with Crippen molar-refractivity contribution in [3.05, 3.63) is 35.4 Å². The number of rotatable bonds is 4. The maximum absolute atomic E-state index is 12.8. The molecule has 1 N–H and O–H groups in total. The van der Waals surface area contributed by atoms with E-state index in [1.54, 1.807) is 4.90 Å². The zero-order valence-corrected chi connectivity index (χ0v) is 12.7. The van der Waals surface area contributed by atoms with Crippen molar-refractivity contribution >= 4 is 11.8 Å². The van der Waals surface area contributed by atoms with Crippen LogP contribution in [-0.4, -0.2) is 28.8 Å². The van der Waals surface area contributed by atoms with E-state index in [1.165, 1.54) is 5.56 Å². The van der Waals surface area contributed by atoms with E-state index < -0.39 is 5.54 Å². The van der Waals surface area contributed by atoms with Gasteiger partial charge in [-0.3, -0.25) is 9.59 Å². The van der Waals surface area contributed by atoms with Gasteiger partial charge in [-0.25, -0.2) is 0 Å². The second kappa shape index (κ2) is 5.17. The summed E-state index contributed by atoms with van der Waals surface area (Å²) in [5, 5.41) is 2.92. The average molecular weight is 286 g/mol. The van der Waals surface area contributed by atoms with Gasteiger partial charge in [-0.05, 0) is 43.2 Å². The van der Waals surface area contributed by atoms with E-state index in [9.17, 15) is 9.59 Å². The van der Waals surface area contributed by atoms with Crippen LogP contribution in [0.2, 0.25) is 0 Å². The van der Waals surface area contributed by atoms with Crippen LogP contribution in [0.15, 0.2) is 24.3 Å². The summed E-state index contributed by atoms with van der Waals surface area (Å²) in [7, 11) is 0. The largest absolute Gasteiger partial charge is 0.340 e. The molecule has 1 aliphatic carbocycles. The van der Waals surface area contributed by atoms with Gasteiger partial charge in [0.25, 0.3) is 0 Å². The zero-order valence-electron chi connectivity index (χ0n) is 12.7. The van der Waals surface area contributed by atoms with E-state index in [-0.39, 0.29) is 18.4 Å². The number of carbonyl (C=O) groups excluding carboxylic acids is 2. The second-order valence-electron chi connectivity index (χ2n) is 6.31. The molecule has 0 bridgehead atoms. The number of amides is 2. The lowest BCUT2D eigenvalue weighted by Crippen LogP contribution is -2.66. The van der Waals surface area contributed by atoms with E-state index in [2.05, 4.69) is 18.3 Å². The third-order valence-electron chi connectivity index (χ3n) is 4.72. The predicted octanol–water partition coefficient (Wildman–Crippen LogP) is 1.88. The first-order valence-electron chi connectivity index (χ1n) is 7.71. The third kappa shape index (κ3) is 2.55. The number of nitrogens with one attached hydrogen (secondary N) is 1. The van der Waals surface area contributed by atoms with Crippen LogP contribution in [0.5, 0.6) is 0 Å². The second-order valence-corrected chi connectivity index (χ2v) is 6.31. The fourth-order valence-corrected chi connectivity index (χ4v) is 3.28. The lowest BCUT2D eigenvalue weighted by molar-refractivity contribution is -0.150. The summed E-state index contributed by atoms with van der Waals surface area (Å²) < 4.78 is 0. The van der Waals surface area contributed by atoms with Crippen molar-refractivity contribution in [2.75, 3.05) is 6.54 Å². The highest BCUT2D eigenvalue weighted by Gasteiger charge is 2.52. The van der Waals surface area contributed by atoms with Crippen LogP contribution in [-0.2, 0) is 22.6 Å². The minimum atomic E-state index is -0.698. The molecule has 1 aromatic rings. The van der Waals surface area contributed by atoms with Gasteiger partial charge < -0.3 is 10.2 Å². The highest BCUT2D eigenvalue weighted by atomic mass is 16.2. The molecule has 1 unspecified atom stereocenters. The van der Waals surface area contributed by atoms with Gasteiger partial charge in [-0.15, -0.1) is 0 Å². The standard InChI is InChI=1S/C17H22N2O2/c1-3-12-6-4-5-7-13(12)10-19-11-15(20)18-17(2,16(19)21)14-8-9-14/h4-7,14H,3,8-11H2,1-2H3,(H,18,20). The lowest BCUT2D eigenvalue weighted by Gasteiger charge is -2.40. The highest BCUT2D eigenvalue weighted by molar-refractivity contribution is 5.98. The number of hydrogen-bond donors (Lipinski definition) is 1. The minimum absolute atomic E-state index is 0.0435. The Kier molecular flexibility index (Phi) is 3.47. The van der Waals surface area contributed by atoms with Crippen LogP contribution >= 0.6 is 0 Å². The summed E-state index contributed by atoms with van der Waals surface area (Å²) in [6.45, 7) is 4.68. The Balaban J connectivity index is 1.84. The van der Waals surface area contributed by atoms with Crippen molar-refractivity contribution in [1.29, 1.82) is 0 Å². The number of hydrogen-bond acceptors (Lipinski definition) is 2. The Morgan fingerprint density at radius 3 is 2.52 bits per heavy atom. The van der Waals surface area contributed by atoms with E-state index in [1.807, 2.05) is 25.1 Å². The first kappa shape index (κ1) is 14.1. The number of benzene rings is 1. The molecule has 4 heteroatoms. The summed E-state index contributed by atoms with van der Waals surface area (Å²) in [6.07, 6.45) is 2.99. The molecule has 1 atom stereocenters. The molecule has 2 aliphatic rings. The monoisotopic (exact) mass is 286 g/mol. The third-order valence-corrected chi connectivity index (χ3v) is 4.72. The van der Waals surface area contributed by atoms with Crippen LogP contribution in [0.25, 0.3) is 0 Å². The van der Waals surface area contributed by atoms with Crippen LogP contribution in [0.4, 0.5) is 0 Å². The van der Waals surface area contributed by atoms with Gasteiger partial charge in [0.2, 0.25) is 11.8 Å². The Hall–Kier alpha value is -1.84. The molecule has 1 saturated carbocycles. The first-order chi connectivity index (χ1) is 10.0. The molecule has 1 saturated heterocycles. The summed E-state index contributed by atoms with van der Waals surface area (Å²) in [5.41, 5.74) is 1.68. The van der Waals surface area contributed by atoms with Crippen LogP contribution in [0, 0.1) is 5.92 Å². The van der Waals surface area contributed by atoms with Gasteiger partial charge in [-0.2, -0.15) is 0 Å². The van der Waals surface area contributed by atoms with Crippen molar-refractivity contribution in [3.63, 3.8) is 0 Å². The Bertz CT molecular complexity index is 580. The van der Waals surface area contributed by atoms with Crippen LogP contribution in [0.1, 0.15) is 37.8 Å². The molecule has 0 radical (unpaired) electrons. The minimum Gasteiger partial charge on any atom is -0.340 e. The molecule has 0 spiro atoms. The number of piperazine rings is 1. The van der Waals surface area contributed by atoms with Crippen molar-refractivity contribution in [2.24, 2.45) is 5.92 Å². The smallest absolute Gasteiger partial charge is 0.249 e. The van der Waals surface area contributed by atoms with E-state index >= 15 is 0 Å². The topological polar surface area (TPSA) is 49.4 Å². The Morgan fingerprint density at radius 1 is 1.24 bits per heavy atom. The molecule has 21 heavy (non-hydrogen) atoms. The molecule has 112 valence electrons. The van der Waals surface area contributed by atoms with Gasteiger partial charge in [0, 0.05) is 6.54 Å². The first-order valence-corrected chi connectivity index (χ1v) is 7.71. The summed E-state index contributed by atoms with van der Waals surface area (Å²) in [4.78, 5) is 26.5. The van der Waals surface area contributed by atoms with Crippen molar-refractivity contribution in [1.82, 2.24) is 10.2 Å². The number of aryl methyl sites for hydroxylation is 1. The molecular weight excluding hydrogens is 264 g/mol. The summed E-state index contributed by atoms with van der Waals surface area (Å²) >= 11 is 0. The number of nitrogens with zero attached hydrogens (tertiary/aromatic N) is 1. The quantitative estimate of drug-likeness (QED) is 0.918. The predicted molar refractivity (Wildman–Crippen MR) is 80.5 cm³/mol. The molecular formula is C17H22N2O2. The van der Waals surface area contributed by atoms with E-state index in [4.69, 9.17) is 0 Å². The maximum atomic E-state index is 12.8. The van der Waals surface area contributed by atoms with Crippen molar-refractivity contribution in [2.45, 2.75) is 45.2 Å². The molecule has 0 aromatic heterocycles. The SMILES string of the molecule is CCc1ccccc1CN1CC(=O)NC(C)(C2CC2)C1=O. The van der Waals surface area contributed by atoms with Crippen molar-refractivity contribution < 1.29 is 9.59 Å². The molecule has 1 aliphatic heterocycles. The van der Waals surface area contributed by atoms with Crippen LogP contribution < -0.4 is 5.32 Å². The maximum Gasteiger partial charge on any atom is 0.249 e. The molecule has 1 aromatic carbocycles. The highest BCUT2D eigenvalue weighted by Crippen LogP contribution is 2.41. The summed E-state index contributed by atoms with van der Waals surface area (Å²) in [5.74, 6) is 0.326. The molecule has 4 nitrogen and oxygen atoms in total. The van der Waals surface area contributed by atoms with Gasteiger partial charge in [0.05, 0.1) is 6.54 Å². The van der Waals surface area contributed by atoms with E-state index in [0.29, 0.717) is 12.5 Å². The molecule has 2 amide bonds. The fourth-order valence-electron chi connectivity index (χ4n) is 3.28. The van der Waals surface area contributed by atoms with Gasteiger partial charge >= 0.3 is 0 Å². The average Bonchev–Trinajstić information content (AvgIpc) is 3.30. The number of carbonyl (C=O) groups is 2. The fraction of sp³-hybridized carbons (Fsp3) is 0.529. The molecule has 1 heterocycles. The lowest BCUT2D eigenvalue weighted by atomic mass is 9.91. The van der Waals surface area contributed by atoms with Crippen molar-refractivity contribution in [3.8, 4) is 0 Å². The molecule has 3 rings (SSSR count). The molecule has 2 fully saturated rings. The van der Waals surface area contributed by atoms with E-state index in [0.717, 1.165) is 24.8 Å². The normalized spacial score (nSPS) is 25.9. The van der Waals surface area contributed by atoms with Crippen LogP contribution in [0.3, 0.4) is 0 Å². The van der Waals surface area contributed by atoms with Gasteiger partial charge in [0.15, 0.2) is 0 Å². The Labute approximate surface area is 125 Å². The van der Waals surface area contributed by atoms with Gasteiger partial charge in [-0.1, -0.05) is 31.2 Å². The van der Waals surface area contributed by atoms with Gasteiger partial charge in [0.1, 0.15) is 5.54 Å². The summed E-state index contributed by atoms with van der Waals surface area (Å²) in [6, 6.07) is 8.14. The zero-order chi connectivity index (χ0) is 15.0.